The average Bonchev–Trinajstić information content (AvgIpc) is 3.27. The summed E-state index contributed by atoms with van der Waals surface area (Å²) >= 11 is 15.2. The predicted molar refractivity (Wildman–Crippen MR) is 131 cm³/mol. The maximum Gasteiger partial charge on any atom is 0.184 e. The summed E-state index contributed by atoms with van der Waals surface area (Å²) in [6, 6.07) is 3.84. The molecule has 1 saturated heterocycles. The lowest BCUT2D eigenvalue weighted by atomic mass is 9.73. The molecule has 0 saturated carbocycles. The van der Waals surface area contributed by atoms with Crippen LogP contribution in [0.25, 0.3) is 0 Å². The topological polar surface area (TPSA) is 131 Å². The van der Waals surface area contributed by atoms with Gasteiger partial charge in [-0.15, -0.1) is 11.3 Å². The van der Waals surface area contributed by atoms with Crippen molar-refractivity contribution in [3.63, 3.8) is 0 Å². The normalized spacial score (nSPS) is 19.0. The zero-order valence-electron chi connectivity index (χ0n) is 17.7. The SMILES string of the molecule is Cc1nccc(Sc2nc(C#N)c(N3CCC4(CC3)Cc3sc(Cl)nc3[C@H]4N)nc2N)c1Cl. The number of anilines is 2. The van der Waals surface area contributed by atoms with E-state index in [0.29, 0.717) is 39.1 Å². The van der Waals surface area contributed by atoms with Crippen molar-refractivity contribution >= 4 is 57.9 Å². The lowest BCUT2D eigenvalue weighted by Crippen LogP contribution is -2.45. The number of piperidine rings is 1. The molecule has 5 rings (SSSR count). The Balaban J connectivity index is 1.36. The fourth-order valence-electron chi connectivity index (χ4n) is 4.58. The molecule has 1 spiro atoms. The quantitative estimate of drug-likeness (QED) is 0.517. The second-order valence-electron chi connectivity index (χ2n) is 8.29. The van der Waals surface area contributed by atoms with Gasteiger partial charge in [0.1, 0.15) is 11.1 Å². The predicted octanol–water partition coefficient (Wildman–Crippen LogP) is 4.39. The first-order valence-corrected chi connectivity index (χ1v) is 12.7. The number of nitrogens with two attached hydrogens (primary N) is 2. The summed E-state index contributed by atoms with van der Waals surface area (Å²) in [5, 5.41) is 10.8. The molecule has 0 amide bonds. The van der Waals surface area contributed by atoms with Crippen LogP contribution >= 0.6 is 46.3 Å². The van der Waals surface area contributed by atoms with Crippen LogP contribution in [0, 0.1) is 23.7 Å². The Hall–Kier alpha value is -2.16. The minimum atomic E-state index is -0.127. The minimum Gasteiger partial charge on any atom is -0.381 e. The van der Waals surface area contributed by atoms with Gasteiger partial charge >= 0.3 is 0 Å². The van der Waals surface area contributed by atoms with E-state index in [0.717, 1.165) is 29.9 Å². The lowest BCUT2D eigenvalue weighted by Gasteiger charge is -2.42. The highest BCUT2D eigenvalue weighted by Gasteiger charge is 2.48. The van der Waals surface area contributed by atoms with E-state index in [1.807, 2.05) is 6.92 Å². The van der Waals surface area contributed by atoms with E-state index in [2.05, 4.69) is 30.9 Å². The number of rotatable bonds is 3. The molecule has 0 bridgehead atoms. The van der Waals surface area contributed by atoms with Gasteiger partial charge in [0.15, 0.2) is 21.8 Å². The lowest BCUT2D eigenvalue weighted by molar-refractivity contribution is 0.186. The first-order chi connectivity index (χ1) is 15.8. The first-order valence-electron chi connectivity index (χ1n) is 10.3. The Labute approximate surface area is 209 Å². The van der Waals surface area contributed by atoms with E-state index in [-0.39, 0.29) is 23.0 Å². The van der Waals surface area contributed by atoms with Crippen LogP contribution < -0.4 is 16.4 Å². The third kappa shape index (κ3) is 3.92. The fourth-order valence-corrected chi connectivity index (χ4v) is 7.02. The van der Waals surface area contributed by atoms with Gasteiger partial charge in [0.25, 0.3) is 0 Å². The van der Waals surface area contributed by atoms with Gasteiger partial charge in [-0.3, -0.25) is 4.98 Å². The Morgan fingerprint density at radius 1 is 1.27 bits per heavy atom. The number of nitrogen functional groups attached to an aromatic ring is 1. The average molecular weight is 519 g/mol. The number of thiazole rings is 1. The smallest absolute Gasteiger partial charge is 0.184 e. The molecule has 4 heterocycles. The Morgan fingerprint density at radius 2 is 2.03 bits per heavy atom. The molecule has 2 aliphatic rings. The Bertz CT molecular complexity index is 1280. The summed E-state index contributed by atoms with van der Waals surface area (Å²) < 4.78 is 0.549. The van der Waals surface area contributed by atoms with Crippen molar-refractivity contribution in [3.8, 4) is 6.07 Å². The molecule has 33 heavy (non-hydrogen) atoms. The monoisotopic (exact) mass is 518 g/mol. The third-order valence-electron chi connectivity index (χ3n) is 6.44. The number of aryl methyl sites for hydroxylation is 1. The molecule has 4 N–H and O–H groups in total. The third-order valence-corrected chi connectivity index (χ3v) is 9.26. The molecule has 12 heteroatoms. The summed E-state index contributed by atoms with van der Waals surface area (Å²) in [5.41, 5.74) is 14.7. The second-order valence-corrected chi connectivity index (χ2v) is 11.4. The highest BCUT2D eigenvalue weighted by Crippen LogP contribution is 2.53. The zero-order chi connectivity index (χ0) is 23.3. The summed E-state index contributed by atoms with van der Waals surface area (Å²) in [5.74, 6) is 0.770. The highest BCUT2D eigenvalue weighted by atomic mass is 35.5. The van der Waals surface area contributed by atoms with E-state index in [1.54, 1.807) is 12.3 Å². The molecule has 3 aromatic heterocycles. The van der Waals surface area contributed by atoms with Crippen LogP contribution in [0.5, 0.6) is 0 Å². The maximum absolute atomic E-state index is 9.79. The summed E-state index contributed by atoms with van der Waals surface area (Å²) in [7, 11) is 0. The van der Waals surface area contributed by atoms with Crippen molar-refractivity contribution < 1.29 is 0 Å². The van der Waals surface area contributed by atoms with Crippen LogP contribution in [0.15, 0.2) is 22.2 Å². The van der Waals surface area contributed by atoms with E-state index in [4.69, 9.17) is 34.7 Å². The van der Waals surface area contributed by atoms with Gasteiger partial charge in [0.2, 0.25) is 0 Å². The van der Waals surface area contributed by atoms with Gasteiger partial charge in [-0.2, -0.15) is 5.26 Å². The molecule has 1 aliphatic heterocycles. The number of halogens is 2. The van der Waals surface area contributed by atoms with Crippen LogP contribution in [0.4, 0.5) is 11.6 Å². The maximum atomic E-state index is 9.79. The standard InChI is InChI=1S/C21H20Cl2N8S2/c1-10-14(22)12(2-5-27-10)32-19-17(26)30-18(11(9-24)28-19)31-6-3-21(4-7-31)8-13-15(16(21)25)29-20(23)33-13/h2,5,16H,3-4,6-8,25H2,1H3,(H2,26,30)/t16-/m1/s1. The van der Waals surface area contributed by atoms with Crippen molar-refractivity contribution in [2.24, 2.45) is 11.1 Å². The summed E-state index contributed by atoms with van der Waals surface area (Å²) in [6.45, 7) is 3.25. The molecule has 0 aromatic carbocycles. The van der Waals surface area contributed by atoms with Gasteiger partial charge in [0, 0.05) is 29.1 Å². The summed E-state index contributed by atoms with van der Waals surface area (Å²) in [6.07, 6.45) is 4.29. The van der Waals surface area contributed by atoms with Crippen LogP contribution in [-0.4, -0.2) is 33.0 Å². The van der Waals surface area contributed by atoms with Gasteiger partial charge in [0.05, 0.1) is 22.5 Å². The van der Waals surface area contributed by atoms with Crippen molar-refractivity contribution in [1.29, 1.82) is 5.26 Å². The van der Waals surface area contributed by atoms with E-state index in [1.165, 1.54) is 28.0 Å². The number of hydrogen-bond donors (Lipinski definition) is 2. The van der Waals surface area contributed by atoms with Gasteiger partial charge in [-0.25, -0.2) is 15.0 Å². The van der Waals surface area contributed by atoms with Crippen molar-refractivity contribution in [3.05, 3.63) is 43.7 Å². The molecule has 1 aliphatic carbocycles. The van der Waals surface area contributed by atoms with Crippen molar-refractivity contribution in [2.45, 2.75) is 42.1 Å². The van der Waals surface area contributed by atoms with Gasteiger partial charge < -0.3 is 16.4 Å². The van der Waals surface area contributed by atoms with Gasteiger partial charge in [-0.1, -0.05) is 35.0 Å². The molecule has 1 fully saturated rings. The van der Waals surface area contributed by atoms with E-state index in [9.17, 15) is 5.26 Å². The Morgan fingerprint density at radius 3 is 2.73 bits per heavy atom. The molecule has 0 unspecified atom stereocenters. The number of nitriles is 1. The van der Waals surface area contributed by atoms with E-state index < -0.39 is 0 Å². The molecule has 1 atom stereocenters. The molecule has 8 nitrogen and oxygen atoms in total. The van der Waals surface area contributed by atoms with Crippen molar-refractivity contribution in [2.75, 3.05) is 23.7 Å². The minimum absolute atomic E-state index is 0.0349. The number of hydrogen-bond acceptors (Lipinski definition) is 10. The van der Waals surface area contributed by atoms with Crippen LogP contribution in [-0.2, 0) is 6.42 Å². The zero-order valence-corrected chi connectivity index (χ0v) is 20.8. The number of aromatic nitrogens is 4. The van der Waals surface area contributed by atoms with Crippen molar-refractivity contribution in [1.82, 2.24) is 19.9 Å². The largest absolute Gasteiger partial charge is 0.381 e. The van der Waals surface area contributed by atoms with Gasteiger partial charge in [-0.05, 0) is 37.7 Å². The first kappa shape index (κ1) is 22.6. The van der Waals surface area contributed by atoms with Crippen LogP contribution in [0.1, 0.15) is 40.8 Å². The number of pyridine rings is 1. The highest BCUT2D eigenvalue weighted by molar-refractivity contribution is 7.99. The summed E-state index contributed by atoms with van der Waals surface area (Å²) in [4.78, 5) is 21.7. The molecule has 170 valence electrons. The molecular weight excluding hydrogens is 499 g/mol. The number of nitrogens with zero attached hydrogens (tertiary/aromatic N) is 6. The van der Waals surface area contributed by atoms with E-state index >= 15 is 0 Å². The Kier molecular flexibility index (Phi) is 5.87. The van der Waals surface area contributed by atoms with Crippen LogP contribution in [0.2, 0.25) is 9.49 Å². The van der Waals surface area contributed by atoms with Crippen LogP contribution in [0.3, 0.4) is 0 Å². The second kappa shape index (κ2) is 8.56. The molecule has 3 aromatic rings. The molecular formula is C21H20Cl2N8S2. The number of fused-ring (bicyclic) bond motifs is 1. The fraction of sp³-hybridized carbons (Fsp3) is 0.381. The molecule has 0 radical (unpaired) electrons.